The van der Waals surface area contributed by atoms with Crippen molar-refractivity contribution in [1.82, 2.24) is 24.5 Å². The van der Waals surface area contributed by atoms with Gasteiger partial charge in [0.2, 0.25) is 5.82 Å². The molecule has 7 nitrogen and oxygen atoms in total. The molecule has 3 heterocycles. The molecule has 1 fully saturated rings. The van der Waals surface area contributed by atoms with Gasteiger partial charge in [-0.1, -0.05) is 30.3 Å². The van der Waals surface area contributed by atoms with Crippen LogP contribution in [0.15, 0.2) is 36.4 Å². The Morgan fingerprint density at radius 2 is 2.00 bits per heavy atom. The first kappa shape index (κ1) is 15.7. The maximum atomic E-state index is 12.8. The van der Waals surface area contributed by atoms with Gasteiger partial charge in [0.15, 0.2) is 0 Å². The highest BCUT2D eigenvalue weighted by Gasteiger charge is 2.28. The molecule has 0 aliphatic carbocycles. The van der Waals surface area contributed by atoms with E-state index in [4.69, 9.17) is 4.74 Å². The van der Waals surface area contributed by atoms with Gasteiger partial charge in [-0.05, 0) is 25.5 Å². The zero-order valence-corrected chi connectivity index (χ0v) is 14.2. The molecule has 1 amide bonds. The molecule has 1 saturated heterocycles. The van der Waals surface area contributed by atoms with Gasteiger partial charge in [0, 0.05) is 17.9 Å². The van der Waals surface area contributed by atoms with E-state index in [0.29, 0.717) is 25.5 Å². The van der Waals surface area contributed by atoms with E-state index in [-0.39, 0.29) is 17.8 Å². The molecule has 1 aliphatic rings. The summed E-state index contributed by atoms with van der Waals surface area (Å²) in [4.78, 5) is 23.3. The number of rotatable bonds is 2. The van der Waals surface area contributed by atoms with E-state index in [1.807, 2.05) is 50.2 Å². The van der Waals surface area contributed by atoms with E-state index in [2.05, 4.69) is 15.1 Å². The number of benzene rings is 1. The van der Waals surface area contributed by atoms with Gasteiger partial charge in [0.05, 0.1) is 13.2 Å². The maximum absolute atomic E-state index is 12.8. The second-order valence-electron chi connectivity index (χ2n) is 6.21. The molecule has 3 aromatic rings. The Morgan fingerprint density at radius 1 is 1.20 bits per heavy atom. The third-order valence-corrected chi connectivity index (χ3v) is 4.33. The van der Waals surface area contributed by atoms with Crippen LogP contribution in [-0.2, 0) is 4.74 Å². The fraction of sp³-hybridized carbons (Fsp3) is 0.333. The van der Waals surface area contributed by atoms with Crippen molar-refractivity contribution in [1.29, 1.82) is 0 Å². The number of carbonyl (C=O) groups is 1. The van der Waals surface area contributed by atoms with E-state index in [9.17, 15) is 4.79 Å². The minimum absolute atomic E-state index is 0.127. The zero-order valence-electron chi connectivity index (χ0n) is 14.2. The van der Waals surface area contributed by atoms with Crippen molar-refractivity contribution in [2.24, 2.45) is 0 Å². The molecule has 1 aromatic carbocycles. The lowest BCUT2D eigenvalue weighted by molar-refractivity contribution is -0.0232. The lowest BCUT2D eigenvalue weighted by Gasteiger charge is -2.32. The summed E-state index contributed by atoms with van der Waals surface area (Å²) >= 11 is 0. The molecule has 2 aromatic heterocycles. The van der Waals surface area contributed by atoms with Crippen LogP contribution in [0, 0.1) is 13.8 Å². The van der Waals surface area contributed by atoms with Crippen LogP contribution in [0.25, 0.3) is 5.78 Å². The van der Waals surface area contributed by atoms with Crippen LogP contribution < -0.4 is 0 Å². The summed E-state index contributed by atoms with van der Waals surface area (Å²) in [5.74, 6) is 0.440. The van der Waals surface area contributed by atoms with E-state index >= 15 is 0 Å². The second-order valence-corrected chi connectivity index (χ2v) is 6.21. The zero-order chi connectivity index (χ0) is 17.4. The van der Waals surface area contributed by atoms with Crippen molar-refractivity contribution in [2.45, 2.75) is 20.0 Å². The van der Waals surface area contributed by atoms with E-state index in [1.165, 1.54) is 0 Å². The van der Waals surface area contributed by atoms with Crippen molar-refractivity contribution < 1.29 is 9.53 Å². The molecule has 0 radical (unpaired) electrons. The fourth-order valence-corrected chi connectivity index (χ4v) is 3.10. The van der Waals surface area contributed by atoms with Crippen LogP contribution in [0.2, 0.25) is 0 Å². The summed E-state index contributed by atoms with van der Waals surface area (Å²) in [6.07, 6.45) is -0.127. The average molecular weight is 337 g/mol. The van der Waals surface area contributed by atoms with Crippen molar-refractivity contribution in [3.8, 4) is 0 Å². The third-order valence-electron chi connectivity index (χ3n) is 4.33. The van der Waals surface area contributed by atoms with Gasteiger partial charge in [-0.3, -0.25) is 4.79 Å². The SMILES string of the molecule is Cc1cc(C)n2nc(C(=O)N3CCOC(c4ccccc4)C3)nc2n1. The van der Waals surface area contributed by atoms with Crippen LogP contribution in [0.4, 0.5) is 0 Å². The molecule has 0 spiro atoms. The van der Waals surface area contributed by atoms with Gasteiger partial charge in [0.1, 0.15) is 6.10 Å². The Morgan fingerprint density at radius 3 is 2.80 bits per heavy atom. The van der Waals surface area contributed by atoms with Gasteiger partial charge in [0.25, 0.3) is 11.7 Å². The summed E-state index contributed by atoms with van der Waals surface area (Å²) in [5, 5.41) is 4.34. The predicted molar refractivity (Wildman–Crippen MR) is 91.3 cm³/mol. The molecule has 25 heavy (non-hydrogen) atoms. The van der Waals surface area contributed by atoms with Gasteiger partial charge in [-0.2, -0.15) is 4.98 Å². The minimum atomic E-state index is -0.188. The molecular weight excluding hydrogens is 318 g/mol. The first-order valence-electron chi connectivity index (χ1n) is 8.28. The molecule has 1 unspecified atom stereocenters. The number of hydrogen-bond donors (Lipinski definition) is 0. The summed E-state index contributed by atoms with van der Waals surface area (Å²) in [7, 11) is 0. The standard InChI is InChI=1S/C18H19N5O2/c1-12-10-13(2)23-18(19-12)20-16(21-23)17(24)22-8-9-25-15(11-22)14-6-4-3-5-7-14/h3-7,10,15H,8-9,11H2,1-2H3. The minimum Gasteiger partial charge on any atom is -0.370 e. The lowest BCUT2D eigenvalue weighted by atomic mass is 10.1. The lowest BCUT2D eigenvalue weighted by Crippen LogP contribution is -2.42. The van der Waals surface area contributed by atoms with Crippen molar-refractivity contribution in [2.75, 3.05) is 19.7 Å². The summed E-state index contributed by atoms with van der Waals surface area (Å²) in [6.45, 7) is 5.34. The maximum Gasteiger partial charge on any atom is 0.293 e. The third kappa shape index (κ3) is 2.98. The summed E-state index contributed by atoms with van der Waals surface area (Å²) in [5.41, 5.74) is 2.82. The Labute approximate surface area is 145 Å². The molecule has 0 N–H and O–H groups in total. The van der Waals surface area contributed by atoms with Crippen LogP contribution in [0.3, 0.4) is 0 Å². The Hall–Kier alpha value is -2.80. The molecule has 7 heteroatoms. The molecule has 128 valence electrons. The molecule has 1 aliphatic heterocycles. The topological polar surface area (TPSA) is 72.6 Å². The number of carbonyl (C=O) groups excluding carboxylic acids is 1. The van der Waals surface area contributed by atoms with Crippen molar-refractivity contribution in [3.05, 3.63) is 59.2 Å². The summed E-state index contributed by atoms with van der Waals surface area (Å²) < 4.78 is 7.43. The normalized spacial score (nSPS) is 17.8. The van der Waals surface area contributed by atoms with Gasteiger partial charge in [-0.25, -0.2) is 9.50 Å². The quantitative estimate of drug-likeness (QED) is 0.715. The Bertz CT molecular complexity index is 922. The van der Waals surface area contributed by atoms with Crippen LogP contribution in [-0.4, -0.2) is 50.1 Å². The first-order valence-corrected chi connectivity index (χ1v) is 8.28. The van der Waals surface area contributed by atoms with E-state index in [1.54, 1.807) is 9.42 Å². The number of ether oxygens (including phenoxy) is 1. The molecule has 0 saturated carbocycles. The molecule has 4 rings (SSSR count). The van der Waals surface area contributed by atoms with Crippen LogP contribution in [0.1, 0.15) is 33.7 Å². The van der Waals surface area contributed by atoms with Crippen LogP contribution in [0.5, 0.6) is 0 Å². The Kier molecular flexibility index (Phi) is 3.93. The molecular formula is C18H19N5O2. The van der Waals surface area contributed by atoms with Gasteiger partial charge >= 0.3 is 0 Å². The number of fused-ring (bicyclic) bond motifs is 1. The first-order chi connectivity index (χ1) is 12.1. The second kappa shape index (κ2) is 6.25. The Balaban J connectivity index is 1.59. The number of hydrogen-bond acceptors (Lipinski definition) is 5. The number of aromatic nitrogens is 4. The monoisotopic (exact) mass is 337 g/mol. The number of amides is 1. The summed E-state index contributed by atoms with van der Waals surface area (Å²) in [6, 6.07) is 11.8. The number of nitrogens with zero attached hydrogens (tertiary/aromatic N) is 5. The highest BCUT2D eigenvalue weighted by atomic mass is 16.5. The average Bonchev–Trinajstić information content (AvgIpc) is 3.06. The smallest absolute Gasteiger partial charge is 0.293 e. The van der Waals surface area contributed by atoms with E-state index < -0.39 is 0 Å². The van der Waals surface area contributed by atoms with E-state index in [0.717, 1.165) is 17.0 Å². The fourth-order valence-electron chi connectivity index (χ4n) is 3.10. The van der Waals surface area contributed by atoms with Gasteiger partial charge in [-0.15, -0.1) is 5.10 Å². The highest BCUT2D eigenvalue weighted by molar-refractivity contribution is 5.91. The predicted octanol–water partition coefficient (Wildman–Crippen LogP) is 1.95. The number of morpholine rings is 1. The molecule has 1 atom stereocenters. The van der Waals surface area contributed by atoms with Crippen LogP contribution >= 0.6 is 0 Å². The largest absolute Gasteiger partial charge is 0.370 e. The molecule has 0 bridgehead atoms. The van der Waals surface area contributed by atoms with Crippen molar-refractivity contribution >= 4 is 11.7 Å². The number of aryl methyl sites for hydroxylation is 2. The van der Waals surface area contributed by atoms with Crippen molar-refractivity contribution in [3.63, 3.8) is 0 Å². The van der Waals surface area contributed by atoms with Gasteiger partial charge < -0.3 is 9.64 Å². The highest BCUT2D eigenvalue weighted by Crippen LogP contribution is 2.22.